The zero-order chi connectivity index (χ0) is 13.1. The molecule has 0 fully saturated rings. The summed E-state index contributed by atoms with van der Waals surface area (Å²) in [7, 11) is 0. The number of rotatable bonds is 3. The summed E-state index contributed by atoms with van der Waals surface area (Å²) in [5, 5.41) is 2.91. The van der Waals surface area contributed by atoms with E-state index in [1.165, 1.54) is 6.33 Å². The van der Waals surface area contributed by atoms with Gasteiger partial charge in [0.2, 0.25) is 0 Å². The first-order valence-electron chi connectivity index (χ1n) is 6.00. The van der Waals surface area contributed by atoms with Gasteiger partial charge < -0.3 is 10.3 Å². The molecule has 1 aromatic carbocycles. The average molecular weight is 243 g/mol. The molecular formula is C14H17N3O. The van der Waals surface area contributed by atoms with Gasteiger partial charge in [-0.3, -0.25) is 4.79 Å². The van der Waals surface area contributed by atoms with Gasteiger partial charge in [-0.05, 0) is 24.5 Å². The summed E-state index contributed by atoms with van der Waals surface area (Å²) in [4.78, 5) is 19.0. The third-order valence-corrected chi connectivity index (χ3v) is 2.88. The van der Waals surface area contributed by atoms with Gasteiger partial charge in [-0.2, -0.15) is 0 Å². The van der Waals surface area contributed by atoms with Gasteiger partial charge in [0.1, 0.15) is 5.69 Å². The summed E-state index contributed by atoms with van der Waals surface area (Å²) in [6.45, 7) is 6.03. The molecule has 2 N–H and O–H groups in total. The van der Waals surface area contributed by atoms with Crippen LogP contribution in [0, 0.1) is 6.92 Å². The Kier molecular flexibility index (Phi) is 3.46. The molecule has 2 aromatic rings. The van der Waals surface area contributed by atoms with E-state index in [0.29, 0.717) is 11.6 Å². The molecule has 0 aliphatic rings. The molecule has 0 radical (unpaired) electrons. The maximum atomic E-state index is 12.1. The van der Waals surface area contributed by atoms with Crippen LogP contribution >= 0.6 is 0 Å². The number of para-hydroxylation sites is 1. The summed E-state index contributed by atoms with van der Waals surface area (Å²) >= 11 is 0. The number of aryl methyl sites for hydroxylation is 1. The highest BCUT2D eigenvalue weighted by Crippen LogP contribution is 2.24. The number of nitrogens with zero attached hydrogens (tertiary/aromatic N) is 1. The molecule has 0 atom stereocenters. The zero-order valence-electron chi connectivity index (χ0n) is 10.8. The zero-order valence-corrected chi connectivity index (χ0v) is 10.8. The Morgan fingerprint density at radius 1 is 1.33 bits per heavy atom. The number of aromatic amines is 1. The van der Waals surface area contributed by atoms with Gasteiger partial charge in [-0.15, -0.1) is 0 Å². The number of aromatic nitrogens is 2. The van der Waals surface area contributed by atoms with Crippen LogP contribution in [-0.2, 0) is 0 Å². The van der Waals surface area contributed by atoms with Gasteiger partial charge in [-0.1, -0.05) is 32.0 Å². The largest absolute Gasteiger partial charge is 0.348 e. The van der Waals surface area contributed by atoms with Crippen LogP contribution in [0.4, 0.5) is 5.69 Å². The molecule has 0 bridgehead atoms. The summed E-state index contributed by atoms with van der Waals surface area (Å²) in [6.07, 6.45) is 1.53. The van der Waals surface area contributed by atoms with Crippen molar-refractivity contribution in [3.8, 4) is 0 Å². The van der Waals surface area contributed by atoms with E-state index in [1.54, 1.807) is 0 Å². The van der Waals surface area contributed by atoms with Crippen LogP contribution < -0.4 is 5.32 Å². The van der Waals surface area contributed by atoms with Gasteiger partial charge in [0.15, 0.2) is 0 Å². The van der Waals surface area contributed by atoms with Crippen molar-refractivity contribution in [2.24, 2.45) is 0 Å². The van der Waals surface area contributed by atoms with E-state index in [-0.39, 0.29) is 5.91 Å². The lowest BCUT2D eigenvalue weighted by atomic mass is 10.0. The van der Waals surface area contributed by atoms with Crippen molar-refractivity contribution < 1.29 is 4.79 Å². The lowest BCUT2D eigenvalue weighted by molar-refractivity contribution is 0.102. The molecule has 0 aliphatic heterocycles. The number of anilines is 1. The fourth-order valence-corrected chi connectivity index (χ4v) is 1.88. The maximum Gasteiger partial charge on any atom is 0.276 e. The number of amides is 1. The lowest BCUT2D eigenvalue weighted by Crippen LogP contribution is -2.15. The van der Waals surface area contributed by atoms with Crippen molar-refractivity contribution in [2.45, 2.75) is 26.7 Å². The Balaban J connectivity index is 2.25. The highest BCUT2D eigenvalue weighted by atomic mass is 16.1. The first-order valence-corrected chi connectivity index (χ1v) is 6.00. The number of hydrogen-bond acceptors (Lipinski definition) is 2. The summed E-state index contributed by atoms with van der Waals surface area (Å²) in [6, 6.07) is 7.83. The molecule has 2 rings (SSSR count). The first kappa shape index (κ1) is 12.4. The Labute approximate surface area is 106 Å². The van der Waals surface area contributed by atoms with Crippen molar-refractivity contribution >= 4 is 11.6 Å². The minimum absolute atomic E-state index is 0.179. The van der Waals surface area contributed by atoms with E-state index in [0.717, 1.165) is 16.9 Å². The molecule has 0 saturated carbocycles. The molecule has 0 spiro atoms. The van der Waals surface area contributed by atoms with Crippen LogP contribution in [0.5, 0.6) is 0 Å². The van der Waals surface area contributed by atoms with Crippen molar-refractivity contribution in [2.75, 3.05) is 5.32 Å². The normalized spacial score (nSPS) is 10.7. The van der Waals surface area contributed by atoms with E-state index in [4.69, 9.17) is 0 Å². The molecule has 1 heterocycles. The van der Waals surface area contributed by atoms with E-state index in [1.807, 2.05) is 31.2 Å². The number of benzene rings is 1. The number of hydrogen-bond donors (Lipinski definition) is 2. The Morgan fingerprint density at radius 3 is 2.67 bits per heavy atom. The molecule has 18 heavy (non-hydrogen) atoms. The van der Waals surface area contributed by atoms with Crippen molar-refractivity contribution in [3.63, 3.8) is 0 Å². The van der Waals surface area contributed by atoms with Crippen molar-refractivity contribution in [3.05, 3.63) is 47.5 Å². The number of carbonyl (C=O) groups excluding carboxylic acids is 1. The molecule has 0 unspecified atom stereocenters. The smallest absolute Gasteiger partial charge is 0.276 e. The van der Waals surface area contributed by atoms with E-state index in [9.17, 15) is 4.79 Å². The van der Waals surface area contributed by atoms with Crippen molar-refractivity contribution in [1.82, 2.24) is 9.97 Å². The molecule has 0 saturated heterocycles. The van der Waals surface area contributed by atoms with Crippen LogP contribution in [0.3, 0.4) is 0 Å². The fraction of sp³-hybridized carbons (Fsp3) is 0.286. The van der Waals surface area contributed by atoms with Crippen LogP contribution in [0.1, 0.15) is 41.5 Å². The molecule has 1 amide bonds. The van der Waals surface area contributed by atoms with Crippen LogP contribution in [0.2, 0.25) is 0 Å². The third kappa shape index (κ3) is 2.42. The van der Waals surface area contributed by atoms with Crippen molar-refractivity contribution in [1.29, 1.82) is 0 Å². The number of carbonyl (C=O) groups is 1. The van der Waals surface area contributed by atoms with Gasteiger partial charge in [0.05, 0.1) is 6.33 Å². The molecule has 1 aromatic heterocycles. The van der Waals surface area contributed by atoms with Gasteiger partial charge in [0.25, 0.3) is 5.91 Å². The predicted octanol–water partition coefficient (Wildman–Crippen LogP) is 3.09. The SMILES string of the molecule is Cc1[nH]cnc1C(=O)Nc1ccccc1C(C)C. The monoisotopic (exact) mass is 243 g/mol. The second-order valence-corrected chi connectivity index (χ2v) is 4.57. The van der Waals surface area contributed by atoms with E-state index in [2.05, 4.69) is 29.1 Å². The number of nitrogens with one attached hydrogen (secondary N) is 2. The Hall–Kier alpha value is -2.10. The second-order valence-electron chi connectivity index (χ2n) is 4.57. The van der Waals surface area contributed by atoms with Gasteiger partial charge in [0, 0.05) is 11.4 Å². The Bertz CT molecular complexity index is 558. The molecule has 94 valence electrons. The van der Waals surface area contributed by atoms with Crippen LogP contribution in [0.15, 0.2) is 30.6 Å². The second kappa shape index (κ2) is 5.04. The average Bonchev–Trinajstić information content (AvgIpc) is 2.76. The molecule has 0 aliphatic carbocycles. The fourth-order valence-electron chi connectivity index (χ4n) is 1.88. The Morgan fingerprint density at radius 2 is 2.06 bits per heavy atom. The minimum atomic E-state index is -0.179. The molecule has 4 nitrogen and oxygen atoms in total. The predicted molar refractivity (Wildman–Crippen MR) is 71.8 cm³/mol. The molecular weight excluding hydrogens is 226 g/mol. The van der Waals surface area contributed by atoms with E-state index < -0.39 is 0 Å². The summed E-state index contributed by atoms with van der Waals surface area (Å²) in [5.41, 5.74) is 3.18. The highest BCUT2D eigenvalue weighted by Gasteiger charge is 2.14. The van der Waals surface area contributed by atoms with Crippen LogP contribution in [-0.4, -0.2) is 15.9 Å². The standard InChI is InChI=1S/C14H17N3O/c1-9(2)11-6-4-5-7-12(11)17-14(18)13-10(3)15-8-16-13/h4-9H,1-3H3,(H,15,16)(H,17,18). The minimum Gasteiger partial charge on any atom is -0.348 e. The highest BCUT2D eigenvalue weighted by molar-refractivity contribution is 6.04. The summed E-state index contributed by atoms with van der Waals surface area (Å²) < 4.78 is 0. The third-order valence-electron chi connectivity index (χ3n) is 2.88. The summed E-state index contributed by atoms with van der Waals surface area (Å²) in [5.74, 6) is 0.184. The number of H-pyrrole nitrogens is 1. The quantitative estimate of drug-likeness (QED) is 0.870. The van der Waals surface area contributed by atoms with Crippen LogP contribution in [0.25, 0.3) is 0 Å². The lowest BCUT2D eigenvalue weighted by Gasteiger charge is -2.13. The molecule has 4 heteroatoms. The van der Waals surface area contributed by atoms with Gasteiger partial charge >= 0.3 is 0 Å². The number of imidazole rings is 1. The first-order chi connectivity index (χ1) is 8.59. The maximum absolute atomic E-state index is 12.1. The topological polar surface area (TPSA) is 57.8 Å². The van der Waals surface area contributed by atoms with Gasteiger partial charge in [-0.25, -0.2) is 4.98 Å². The van der Waals surface area contributed by atoms with E-state index >= 15 is 0 Å².